The monoisotopic (exact) mass is 387 g/mol. The van der Waals surface area contributed by atoms with Gasteiger partial charge in [-0.15, -0.1) is 11.3 Å². The van der Waals surface area contributed by atoms with Crippen molar-refractivity contribution in [2.75, 3.05) is 5.32 Å². The number of rotatable bonds is 5. The first-order valence-corrected chi connectivity index (χ1v) is 11.2. The number of aromatic nitrogens is 2. The number of carbonyl (C=O) groups is 1. The highest BCUT2D eigenvalue weighted by molar-refractivity contribution is 7.28. The van der Waals surface area contributed by atoms with Gasteiger partial charge in [-0.25, -0.2) is 9.97 Å². The molecule has 0 bridgehead atoms. The maximum absolute atomic E-state index is 12.7. The number of thiazole rings is 2. The fourth-order valence-electron chi connectivity index (χ4n) is 3.95. The molecule has 1 aliphatic carbocycles. The molecule has 3 aromatic rings. The summed E-state index contributed by atoms with van der Waals surface area (Å²) in [6.07, 6.45) is 8.33. The molecule has 0 saturated heterocycles. The number of hydrogen-bond donors (Lipinski definition) is 1. The average molecular weight is 388 g/mol. The molecule has 138 valence electrons. The topological polar surface area (TPSA) is 54.9 Å². The third-order valence-corrected chi connectivity index (χ3v) is 7.57. The Kier molecular flexibility index (Phi) is 5.23. The molecule has 0 radical (unpaired) electrons. The van der Waals surface area contributed by atoms with Crippen LogP contribution in [0.2, 0.25) is 0 Å². The Balaban J connectivity index is 1.44. The molecule has 0 spiro atoms. The Bertz CT molecular complexity index is 922. The maximum Gasteiger partial charge on any atom is 0.229 e. The van der Waals surface area contributed by atoms with Gasteiger partial charge in [0.1, 0.15) is 0 Å². The van der Waals surface area contributed by atoms with Crippen LogP contribution in [-0.4, -0.2) is 15.9 Å². The van der Waals surface area contributed by atoms with Crippen molar-refractivity contribution in [3.63, 3.8) is 0 Å². The van der Waals surface area contributed by atoms with Crippen LogP contribution in [0.1, 0.15) is 56.9 Å². The Hall–Kier alpha value is -1.53. The number of anilines is 1. The summed E-state index contributed by atoms with van der Waals surface area (Å²) < 4.78 is 2.31. The summed E-state index contributed by atoms with van der Waals surface area (Å²) in [4.78, 5) is 21.9. The molecule has 4 nitrogen and oxygen atoms in total. The molecule has 0 atom stereocenters. The van der Waals surface area contributed by atoms with Crippen LogP contribution >= 0.6 is 22.7 Å². The van der Waals surface area contributed by atoms with E-state index in [1.165, 1.54) is 36.8 Å². The van der Waals surface area contributed by atoms with Gasteiger partial charge in [-0.05, 0) is 50.7 Å². The van der Waals surface area contributed by atoms with E-state index < -0.39 is 0 Å². The number of hydrogen-bond acceptors (Lipinski definition) is 5. The van der Waals surface area contributed by atoms with Gasteiger partial charge >= 0.3 is 0 Å². The molecule has 6 heteroatoms. The lowest BCUT2D eigenvalue weighted by atomic mass is 9.79. The smallest absolute Gasteiger partial charge is 0.229 e. The zero-order chi connectivity index (χ0) is 18.1. The van der Waals surface area contributed by atoms with Gasteiger partial charge in [-0.1, -0.05) is 37.5 Å². The van der Waals surface area contributed by atoms with Crippen LogP contribution in [0.3, 0.4) is 0 Å². The van der Waals surface area contributed by atoms with Crippen molar-refractivity contribution in [3.05, 3.63) is 17.1 Å². The van der Waals surface area contributed by atoms with E-state index in [4.69, 9.17) is 0 Å². The summed E-state index contributed by atoms with van der Waals surface area (Å²) in [6, 6.07) is 4.02. The van der Waals surface area contributed by atoms with Crippen LogP contribution in [0.5, 0.6) is 0 Å². The van der Waals surface area contributed by atoms with Crippen molar-refractivity contribution in [1.82, 2.24) is 9.97 Å². The highest BCUT2D eigenvalue weighted by Gasteiger charge is 2.26. The Morgan fingerprint density at radius 1 is 1.12 bits per heavy atom. The SMILES string of the molecule is CCCCC1CCC(C(=O)Nc2nc3ccc4nc(C)sc4c3s2)CC1. The first-order chi connectivity index (χ1) is 12.6. The standard InChI is InChI=1S/C20H25N3OS2/c1-3-4-5-13-6-8-14(9-7-13)19(24)23-20-22-16-11-10-15-17(18(16)26-20)25-12(2)21-15/h10-11,13-14H,3-9H2,1-2H3,(H,22,23,24). The molecule has 26 heavy (non-hydrogen) atoms. The molecule has 0 unspecified atom stereocenters. The fourth-order valence-corrected chi connectivity index (χ4v) is 5.96. The second kappa shape index (κ2) is 7.61. The first kappa shape index (κ1) is 17.9. The van der Waals surface area contributed by atoms with Gasteiger partial charge in [0.15, 0.2) is 5.13 Å². The third-order valence-electron chi connectivity index (χ3n) is 5.43. The van der Waals surface area contributed by atoms with E-state index in [-0.39, 0.29) is 11.8 Å². The van der Waals surface area contributed by atoms with E-state index in [1.807, 2.05) is 19.1 Å². The predicted octanol–water partition coefficient (Wildman–Crippen LogP) is 6.15. The van der Waals surface area contributed by atoms with Crippen LogP contribution in [0.25, 0.3) is 20.4 Å². The number of benzene rings is 1. The van der Waals surface area contributed by atoms with Crippen molar-refractivity contribution in [1.29, 1.82) is 0 Å². The van der Waals surface area contributed by atoms with Crippen molar-refractivity contribution in [2.24, 2.45) is 11.8 Å². The molecule has 1 saturated carbocycles. The highest BCUT2D eigenvalue weighted by Crippen LogP contribution is 2.37. The van der Waals surface area contributed by atoms with Crippen molar-refractivity contribution < 1.29 is 4.79 Å². The predicted molar refractivity (Wildman–Crippen MR) is 111 cm³/mol. The van der Waals surface area contributed by atoms with Crippen LogP contribution in [-0.2, 0) is 4.79 Å². The highest BCUT2D eigenvalue weighted by atomic mass is 32.1. The summed E-state index contributed by atoms with van der Waals surface area (Å²) in [7, 11) is 0. The van der Waals surface area contributed by atoms with Gasteiger partial charge in [-0.2, -0.15) is 0 Å². The van der Waals surface area contributed by atoms with E-state index in [9.17, 15) is 4.79 Å². The quantitative estimate of drug-likeness (QED) is 0.571. The van der Waals surface area contributed by atoms with Crippen molar-refractivity contribution >= 4 is 54.1 Å². The van der Waals surface area contributed by atoms with Gasteiger partial charge in [-0.3, -0.25) is 4.79 Å². The lowest BCUT2D eigenvalue weighted by molar-refractivity contribution is -0.121. The van der Waals surface area contributed by atoms with Crippen molar-refractivity contribution in [3.8, 4) is 0 Å². The second-order valence-corrected chi connectivity index (χ2v) is 9.57. The molecule has 4 rings (SSSR count). The summed E-state index contributed by atoms with van der Waals surface area (Å²) in [5.41, 5.74) is 1.97. The minimum atomic E-state index is 0.144. The molecular formula is C20H25N3OS2. The zero-order valence-corrected chi connectivity index (χ0v) is 17.0. The van der Waals surface area contributed by atoms with Gasteiger partial charge in [0.25, 0.3) is 0 Å². The number of nitrogens with zero attached hydrogens (tertiary/aromatic N) is 2. The summed E-state index contributed by atoms with van der Waals surface area (Å²) >= 11 is 3.27. The minimum absolute atomic E-state index is 0.144. The molecule has 2 heterocycles. The van der Waals surface area contributed by atoms with E-state index in [1.54, 1.807) is 22.7 Å². The largest absolute Gasteiger partial charge is 0.302 e. The van der Waals surface area contributed by atoms with Gasteiger partial charge in [0.05, 0.1) is 25.4 Å². The number of carbonyl (C=O) groups excluding carboxylic acids is 1. The van der Waals surface area contributed by atoms with Crippen molar-refractivity contribution in [2.45, 2.75) is 58.8 Å². The second-order valence-electron chi connectivity index (χ2n) is 7.36. The van der Waals surface area contributed by atoms with Crippen LogP contribution < -0.4 is 5.32 Å². The Labute approximate surface area is 162 Å². The summed E-state index contributed by atoms with van der Waals surface area (Å²) in [5.74, 6) is 1.12. The number of unbranched alkanes of at least 4 members (excludes halogenated alkanes) is 1. The molecule has 1 aromatic carbocycles. The Morgan fingerprint density at radius 2 is 1.81 bits per heavy atom. The van der Waals surface area contributed by atoms with Crippen LogP contribution in [0, 0.1) is 18.8 Å². The van der Waals surface area contributed by atoms with E-state index in [2.05, 4.69) is 22.2 Å². The lowest BCUT2D eigenvalue weighted by Crippen LogP contribution is -2.27. The minimum Gasteiger partial charge on any atom is -0.302 e. The van der Waals surface area contributed by atoms with Crippen LogP contribution in [0.4, 0.5) is 5.13 Å². The van der Waals surface area contributed by atoms with E-state index in [0.29, 0.717) is 0 Å². The maximum atomic E-state index is 12.7. The number of aryl methyl sites for hydroxylation is 1. The third kappa shape index (κ3) is 3.62. The van der Waals surface area contributed by atoms with E-state index >= 15 is 0 Å². The number of nitrogens with one attached hydrogen (secondary N) is 1. The molecular weight excluding hydrogens is 362 g/mol. The summed E-state index contributed by atoms with van der Waals surface area (Å²) in [5, 5.41) is 4.86. The van der Waals surface area contributed by atoms with E-state index in [0.717, 1.165) is 44.6 Å². The molecule has 1 aliphatic rings. The molecule has 1 fully saturated rings. The van der Waals surface area contributed by atoms with Crippen LogP contribution in [0.15, 0.2) is 12.1 Å². The number of amides is 1. The first-order valence-electron chi connectivity index (χ1n) is 9.61. The molecule has 1 N–H and O–H groups in total. The number of fused-ring (bicyclic) bond motifs is 3. The zero-order valence-electron chi connectivity index (χ0n) is 15.4. The Morgan fingerprint density at radius 3 is 2.54 bits per heavy atom. The molecule has 1 amide bonds. The summed E-state index contributed by atoms with van der Waals surface area (Å²) in [6.45, 7) is 4.27. The van der Waals surface area contributed by atoms with Gasteiger partial charge in [0.2, 0.25) is 5.91 Å². The van der Waals surface area contributed by atoms with Gasteiger partial charge in [0, 0.05) is 5.92 Å². The normalized spacial score (nSPS) is 20.7. The lowest BCUT2D eigenvalue weighted by Gasteiger charge is -2.27. The molecule has 0 aliphatic heterocycles. The fraction of sp³-hybridized carbons (Fsp3) is 0.550. The molecule has 2 aromatic heterocycles. The van der Waals surface area contributed by atoms with Gasteiger partial charge < -0.3 is 5.32 Å². The average Bonchev–Trinajstić information content (AvgIpc) is 3.22.